The highest BCUT2D eigenvalue weighted by Crippen LogP contribution is 2.11. The fourth-order valence-corrected chi connectivity index (χ4v) is 2.26. The lowest BCUT2D eigenvalue weighted by Crippen LogP contribution is -2.46. The van der Waals surface area contributed by atoms with Crippen LogP contribution in [0.15, 0.2) is 17.5 Å². The molecule has 0 aromatic carbocycles. The number of rotatable bonds is 6. The minimum absolute atomic E-state index is 0.0514. The maximum Gasteiger partial charge on any atom is 0.0252 e. The van der Waals surface area contributed by atoms with Gasteiger partial charge in [-0.2, -0.15) is 0 Å². The fourth-order valence-electron chi connectivity index (χ4n) is 1.56. The van der Waals surface area contributed by atoms with Gasteiger partial charge in [0, 0.05) is 23.5 Å². The number of hydrogen-bond donors (Lipinski definition) is 1. The van der Waals surface area contributed by atoms with Gasteiger partial charge >= 0.3 is 0 Å². The minimum Gasteiger partial charge on any atom is -0.324 e. The lowest BCUT2D eigenvalue weighted by molar-refractivity contribution is 0.256. The minimum atomic E-state index is -0.0514. The molecule has 0 fully saturated rings. The van der Waals surface area contributed by atoms with E-state index in [0.29, 0.717) is 0 Å². The maximum absolute atomic E-state index is 6.13. The first-order valence-electron chi connectivity index (χ1n) is 5.53. The Balaban J connectivity index is 2.27. The van der Waals surface area contributed by atoms with Gasteiger partial charge in [-0.15, -0.1) is 11.3 Å². The Morgan fingerprint density at radius 3 is 2.80 bits per heavy atom. The van der Waals surface area contributed by atoms with Crippen LogP contribution in [-0.2, 0) is 6.42 Å². The lowest BCUT2D eigenvalue weighted by atomic mass is 10.00. The van der Waals surface area contributed by atoms with Crippen LogP contribution < -0.4 is 5.73 Å². The normalized spacial score (nSPS) is 15.5. The summed E-state index contributed by atoms with van der Waals surface area (Å²) in [5.74, 6) is 0. The number of nitrogens with two attached hydrogens (primary N) is 1. The SMILES string of the molecule is CCC(C)(N)CN(C)CCc1cccs1. The third-order valence-electron chi connectivity index (χ3n) is 2.76. The van der Waals surface area contributed by atoms with E-state index in [1.54, 1.807) is 0 Å². The molecule has 0 bridgehead atoms. The summed E-state index contributed by atoms with van der Waals surface area (Å²) in [7, 11) is 2.15. The van der Waals surface area contributed by atoms with E-state index in [0.717, 1.165) is 25.9 Å². The Morgan fingerprint density at radius 1 is 1.53 bits per heavy atom. The average Bonchev–Trinajstić information content (AvgIpc) is 2.66. The van der Waals surface area contributed by atoms with Crippen LogP contribution in [0.5, 0.6) is 0 Å². The van der Waals surface area contributed by atoms with Crippen molar-refractivity contribution in [2.75, 3.05) is 20.1 Å². The first kappa shape index (κ1) is 12.7. The molecular weight excluding hydrogens is 204 g/mol. The van der Waals surface area contributed by atoms with Crippen LogP contribution in [0.3, 0.4) is 0 Å². The number of hydrogen-bond acceptors (Lipinski definition) is 3. The van der Waals surface area contributed by atoms with Gasteiger partial charge in [0.05, 0.1) is 0 Å². The summed E-state index contributed by atoms with van der Waals surface area (Å²) < 4.78 is 0. The number of likely N-dealkylation sites (N-methyl/N-ethyl adjacent to an activating group) is 1. The predicted molar refractivity (Wildman–Crippen MR) is 68.4 cm³/mol. The summed E-state index contributed by atoms with van der Waals surface area (Å²) in [5.41, 5.74) is 6.08. The van der Waals surface area contributed by atoms with Crippen molar-refractivity contribution in [2.45, 2.75) is 32.2 Å². The highest BCUT2D eigenvalue weighted by atomic mass is 32.1. The molecule has 0 saturated carbocycles. The Kier molecular flexibility index (Phi) is 4.77. The van der Waals surface area contributed by atoms with E-state index < -0.39 is 0 Å². The molecule has 0 radical (unpaired) electrons. The second-order valence-electron chi connectivity index (χ2n) is 4.57. The molecule has 0 aliphatic heterocycles. The van der Waals surface area contributed by atoms with E-state index in [1.807, 2.05) is 11.3 Å². The highest BCUT2D eigenvalue weighted by Gasteiger charge is 2.17. The van der Waals surface area contributed by atoms with Crippen LogP contribution in [-0.4, -0.2) is 30.6 Å². The van der Waals surface area contributed by atoms with Crippen LogP contribution >= 0.6 is 11.3 Å². The fraction of sp³-hybridized carbons (Fsp3) is 0.667. The van der Waals surface area contributed by atoms with Crippen molar-refractivity contribution in [1.82, 2.24) is 4.90 Å². The van der Waals surface area contributed by atoms with E-state index in [-0.39, 0.29) is 5.54 Å². The standard InChI is InChI=1S/C12H22N2S/c1-4-12(2,13)10-14(3)8-7-11-6-5-9-15-11/h5-6,9H,4,7-8,10,13H2,1-3H3. The zero-order chi connectivity index (χ0) is 11.3. The van der Waals surface area contributed by atoms with Crippen molar-refractivity contribution in [3.05, 3.63) is 22.4 Å². The zero-order valence-electron chi connectivity index (χ0n) is 9.99. The molecule has 2 nitrogen and oxygen atoms in total. The van der Waals surface area contributed by atoms with Crippen molar-refractivity contribution >= 4 is 11.3 Å². The topological polar surface area (TPSA) is 29.3 Å². The molecule has 3 heteroatoms. The Labute approximate surface area is 97.1 Å². The van der Waals surface area contributed by atoms with Gasteiger partial charge in [0.2, 0.25) is 0 Å². The summed E-state index contributed by atoms with van der Waals surface area (Å²) in [6.45, 7) is 6.32. The molecule has 1 aromatic heterocycles. The molecule has 0 aliphatic rings. The van der Waals surface area contributed by atoms with Crippen molar-refractivity contribution < 1.29 is 0 Å². The van der Waals surface area contributed by atoms with Crippen LogP contribution in [0, 0.1) is 0 Å². The van der Waals surface area contributed by atoms with Gasteiger partial charge in [0.25, 0.3) is 0 Å². The Hall–Kier alpha value is -0.380. The third-order valence-corrected chi connectivity index (χ3v) is 3.69. The molecule has 0 aliphatic carbocycles. The summed E-state index contributed by atoms with van der Waals surface area (Å²) >= 11 is 1.83. The van der Waals surface area contributed by atoms with Crippen LogP contribution in [0.2, 0.25) is 0 Å². The maximum atomic E-state index is 6.13. The van der Waals surface area contributed by atoms with Gasteiger partial charge in [0.1, 0.15) is 0 Å². The van der Waals surface area contributed by atoms with Crippen LogP contribution in [0.25, 0.3) is 0 Å². The largest absolute Gasteiger partial charge is 0.324 e. The zero-order valence-corrected chi connectivity index (χ0v) is 10.8. The summed E-state index contributed by atoms with van der Waals surface area (Å²) in [6, 6.07) is 4.30. The molecule has 86 valence electrons. The van der Waals surface area contributed by atoms with Crippen molar-refractivity contribution in [2.24, 2.45) is 5.73 Å². The average molecular weight is 226 g/mol. The van der Waals surface area contributed by atoms with Crippen LogP contribution in [0.1, 0.15) is 25.1 Å². The Morgan fingerprint density at radius 2 is 2.27 bits per heavy atom. The molecular formula is C12H22N2S. The lowest BCUT2D eigenvalue weighted by Gasteiger charge is -2.29. The van der Waals surface area contributed by atoms with Gasteiger partial charge in [-0.1, -0.05) is 13.0 Å². The van der Waals surface area contributed by atoms with Gasteiger partial charge in [-0.25, -0.2) is 0 Å². The molecule has 1 rings (SSSR count). The van der Waals surface area contributed by atoms with Gasteiger partial charge in [-0.05, 0) is 38.3 Å². The van der Waals surface area contributed by atoms with E-state index >= 15 is 0 Å². The molecule has 1 atom stereocenters. The molecule has 1 heterocycles. The molecule has 0 amide bonds. The first-order valence-corrected chi connectivity index (χ1v) is 6.41. The second kappa shape index (κ2) is 5.64. The first-order chi connectivity index (χ1) is 7.03. The third kappa shape index (κ3) is 4.78. The predicted octanol–water partition coefficient (Wildman–Crippen LogP) is 2.35. The quantitative estimate of drug-likeness (QED) is 0.807. The van der Waals surface area contributed by atoms with Crippen molar-refractivity contribution in [3.8, 4) is 0 Å². The second-order valence-corrected chi connectivity index (χ2v) is 5.61. The van der Waals surface area contributed by atoms with E-state index in [1.165, 1.54) is 4.88 Å². The molecule has 0 spiro atoms. The molecule has 0 saturated heterocycles. The monoisotopic (exact) mass is 226 g/mol. The van der Waals surface area contributed by atoms with Gasteiger partial charge < -0.3 is 10.6 Å². The van der Waals surface area contributed by atoms with Crippen molar-refractivity contribution in [1.29, 1.82) is 0 Å². The summed E-state index contributed by atoms with van der Waals surface area (Å²) in [4.78, 5) is 3.78. The highest BCUT2D eigenvalue weighted by molar-refractivity contribution is 7.09. The van der Waals surface area contributed by atoms with E-state index in [4.69, 9.17) is 5.73 Å². The molecule has 1 aromatic rings. The van der Waals surface area contributed by atoms with E-state index in [9.17, 15) is 0 Å². The Bertz CT molecular complexity index is 267. The van der Waals surface area contributed by atoms with Gasteiger partial charge in [0.15, 0.2) is 0 Å². The smallest absolute Gasteiger partial charge is 0.0252 e. The molecule has 2 N–H and O–H groups in total. The van der Waals surface area contributed by atoms with Crippen LogP contribution in [0.4, 0.5) is 0 Å². The summed E-state index contributed by atoms with van der Waals surface area (Å²) in [6.07, 6.45) is 2.16. The van der Waals surface area contributed by atoms with Gasteiger partial charge in [-0.3, -0.25) is 0 Å². The van der Waals surface area contributed by atoms with E-state index in [2.05, 4.69) is 43.3 Å². The molecule has 15 heavy (non-hydrogen) atoms. The number of nitrogens with zero attached hydrogens (tertiary/aromatic N) is 1. The van der Waals surface area contributed by atoms with Crippen molar-refractivity contribution in [3.63, 3.8) is 0 Å². The molecule has 1 unspecified atom stereocenters. The summed E-state index contributed by atoms with van der Waals surface area (Å²) in [5, 5.41) is 2.13. The number of thiophene rings is 1.